The first-order valence-electron chi connectivity index (χ1n) is 6.13. The number of nitrogen functional groups attached to an aromatic ring is 1. The number of halogens is 1. The number of hydrogen-bond acceptors (Lipinski definition) is 5. The van der Waals surface area contributed by atoms with Crippen LogP contribution in [0.5, 0.6) is 0 Å². The number of nitrogens with zero attached hydrogens (tertiary/aromatic N) is 1. The molecule has 0 spiro atoms. The summed E-state index contributed by atoms with van der Waals surface area (Å²) in [6, 6.07) is 3.15. The Hall–Kier alpha value is -1.67. The third kappa shape index (κ3) is 3.51. The van der Waals surface area contributed by atoms with Crippen molar-refractivity contribution in [3.63, 3.8) is 0 Å². The van der Waals surface area contributed by atoms with Crippen molar-refractivity contribution < 1.29 is 12.8 Å². The number of benzene rings is 1. The van der Waals surface area contributed by atoms with E-state index < -0.39 is 15.8 Å². The summed E-state index contributed by atoms with van der Waals surface area (Å²) >= 11 is 1.19. The molecule has 0 fully saturated rings. The Bertz CT molecular complexity index is 764. The zero-order chi connectivity index (χ0) is 15.8. The number of sulfonamides is 1. The first kappa shape index (κ1) is 15.7. The van der Waals surface area contributed by atoms with Crippen molar-refractivity contribution >= 4 is 32.2 Å². The fraction of sp³-hybridized carbons (Fsp3) is 0.308. The molecule has 1 heterocycles. The third-order valence-corrected chi connectivity index (χ3v) is 5.06. The smallest absolute Gasteiger partial charge is 0.265 e. The van der Waals surface area contributed by atoms with Crippen LogP contribution >= 0.6 is 11.3 Å². The lowest BCUT2D eigenvalue weighted by molar-refractivity contribution is 0.573. The summed E-state index contributed by atoms with van der Waals surface area (Å²) in [4.78, 5) is 4.08. The van der Waals surface area contributed by atoms with Gasteiger partial charge in [-0.1, -0.05) is 20.8 Å². The van der Waals surface area contributed by atoms with E-state index in [2.05, 4.69) is 9.71 Å². The standard InChI is InChI=1S/C13H16FN3O2S2/c1-13(2,3)11-7-20-12(16-11)17-21(18,19)10-5-4-8(14)6-9(10)15/h4-7H,15H2,1-3H3,(H,16,17). The summed E-state index contributed by atoms with van der Waals surface area (Å²) < 4.78 is 39.8. The number of aromatic nitrogens is 1. The Kier molecular flexibility index (Phi) is 3.94. The van der Waals surface area contributed by atoms with Crippen LogP contribution in [0.3, 0.4) is 0 Å². The number of anilines is 2. The van der Waals surface area contributed by atoms with E-state index in [0.717, 1.165) is 23.9 Å². The van der Waals surface area contributed by atoms with E-state index in [1.807, 2.05) is 20.8 Å². The van der Waals surface area contributed by atoms with Gasteiger partial charge in [0.25, 0.3) is 10.0 Å². The highest BCUT2D eigenvalue weighted by atomic mass is 32.2. The highest BCUT2D eigenvalue weighted by molar-refractivity contribution is 7.93. The van der Waals surface area contributed by atoms with Gasteiger partial charge in [-0.05, 0) is 18.2 Å². The normalized spacial score (nSPS) is 12.4. The van der Waals surface area contributed by atoms with Gasteiger partial charge in [0.1, 0.15) is 10.7 Å². The van der Waals surface area contributed by atoms with Crippen LogP contribution in [0.25, 0.3) is 0 Å². The summed E-state index contributed by atoms with van der Waals surface area (Å²) in [7, 11) is -3.89. The van der Waals surface area contributed by atoms with Crippen LogP contribution in [-0.4, -0.2) is 13.4 Å². The predicted molar refractivity (Wildman–Crippen MR) is 82.4 cm³/mol. The van der Waals surface area contributed by atoms with Crippen LogP contribution in [0.15, 0.2) is 28.5 Å². The van der Waals surface area contributed by atoms with E-state index in [9.17, 15) is 12.8 Å². The number of thiazole rings is 1. The molecule has 0 saturated carbocycles. The molecule has 0 aliphatic heterocycles. The van der Waals surface area contributed by atoms with Crippen LogP contribution in [0.2, 0.25) is 0 Å². The molecule has 0 bridgehead atoms. The molecule has 8 heteroatoms. The lowest BCUT2D eigenvalue weighted by Crippen LogP contribution is -2.16. The van der Waals surface area contributed by atoms with Crippen molar-refractivity contribution in [3.8, 4) is 0 Å². The molecule has 1 aromatic heterocycles. The van der Waals surface area contributed by atoms with Crippen molar-refractivity contribution in [2.45, 2.75) is 31.1 Å². The fourth-order valence-corrected chi connectivity index (χ4v) is 3.90. The van der Waals surface area contributed by atoms with Gasteiger partial charge in [0.2, 0.25) is 0 Å². The van der Waals surface area contributed by atoms with Gasteiger partial charge in [0.05, 0.1) is 11.4 Å². The summed E-state index contributed by atoms with van der Waals surface area (Å²) in [5, 5.41) is 2.05. The fourth-order valence-electron chi connectivity index (χ4n) is 1.60. The predicted octanol–water partition coefficient (Wildman–Crippen LogP) is 2.96. The topological polar surface area (TPSA) is 85.1 Å². The molecule has 0 saturated heterocycles. The van der Waals surface area contributed by atoms with Crippen LogP contribution < -0.4 is 10.5 Å². The molecule has 2 aromatic rings. The van der Waals surface area contributed by atoms with Crippen molar-refractivity contribution in [1.29, 1.82) is 0 Å². The lowest BCUT2D eigenvalue weighted by Gasteiger charge is -2.14. The minimum atomic E-state index is -3.89. The highest BCUT2D eigenvalue weighted by Gasteiger charge is 2.22. The highest BCUT2D eigenvalue weighted by Crippen LogP contribution is 2.28. The molecule has 2 rings (SSSR count). The summed E-state index contributed by atoms with van der Waals surface area (Å²) in [6.07, 6.45) is 0. The average molecular weight is 329 g/mol. The van der Waals surface area contributed by atoms with Crippen LogP contribution in [0, 0.1) is 5.82 Å². The van der Waals surface area contributed by atoms with Gasteiger partial charge in [-0.2, -0.15) is 0 Å². The van der Waals surface area contributed by atoms with Crippen molar-refractivity contribution in [2.75, 3.05) is 10.5 Å². The van der Waals surface area contributed by atoms with E-state index in [1.54, 1.807) is 5.38 Å². The molecule has 0 radical (unpaired) electrons. The van der Waals surface area contributed by atoms with Gasteiger partial charge >= 0.3 is 0 Å². The molecule has 5 nitrogen and oxygen atoms in total. The molecular formula is C13H16FN3O2S2. The largest absolute Gasteiger partial charge is 0.398 e. The molecule has 0 unspecified atom stereocenters. The first-order valence-corrected chi connectivity index (χ1v) is 8.50. The van der Waals surface area contributed by atoms with E-state index >= 15 is 0 Å². The van der Waals surface area contributed by atoms with E-state index in [0.29, 0.717) is 0 Å². The summed E-state index contributed by atoms with van der Waals surface area (Å²) in [5.74, 6) is -0.587. The Morgan fingerprint density at radius 2 is 2.00 bits per heavy atom. The minimum absolute atomic E-state index is 0.143. The Balaban J connectivity index is 2.31. The van der Waals surface area contributed by atoms with Gasteiger partial charge in [0.15, 0.2) is 5.13 Å². The van der Waals surface area contributed by atoms with E-state index in [1.165, 1.54) is 11.3 Å². The van der Waals surface area contributed by atoms with E-state index in [4.69, 9.17) is 5.73 Å². The Morgan fingerprint density at radius 3 is 2.52 bits per heavy atom. The minimum Gasteiger partial charge on any atom is -0.398 e. The maximum Gasteiger partial charge on any atom is 0.265 e. The molecule has 21 heavy (non-hydrogen) atoms. The zero-order valence-electron chi connectivity index (χ0n) is 11.8. The maximum absolute atomic E-state index is 13.0. The van der Waals surface area contributed by atoms with E-state index in [-0.39, 0.29) is 21.1 Å². The molecule has 3 N–H and O–H groups in total. The molecule has 0 aliphatic carbocycles. The number of nitrogens with one attached hydrogen (secondary N) is 1. The second kappa shape index (κ2) is 5.27. The molecule has 0 amide bonds. The first-order chi connectivity index (χ1) is 9.59. The zero-order valence-corrected chi connectivity index (χ0v) is 13.5. The Morgan fingerprint density at radius 1 is 1.33 bits per heavy atom. The van der Waals surface area contributed by atoms with Gasteiger partial charge in [0, 0.05) is 10.8 Å². The average Bonchev–Trinajstić information content (AvgIpc) is 2.75. The Labute approximate surface area is 127 Å². The van der Waals surface area contributed by atoms with Crippen molar-refractivity contribution in [3.05, 3.63) is 35.1 Å². The molecule has 0 atom stereocenters. The van der Waals surface area contributed by atoms with Crippen molar-refractivity contribution in [1.82, 2.24) is 4.98 Å². The monoisotopic (exact) mass is 329 g/mol. The number of rotatable bonds is 3. The van der Waals surface area contributed by atoms with Crippen molar-refractivity contribution in [2.24, 2.45) is 0 Å². The second-order valence-electron chi connectivity index (χ2n) is 5.58. The quantitative estimate of drug-likeness (QED) is 0.848. The summed E-state index contributed by atoms with van der Waals surface area (Å²) in [5.41, 5.74) is 6.03. The molecule has 114 valence electrons. The third-order valence-electron chi connectivity index (χ3n) is 2.76. The van der Waals surface area contributed by atoms with Gasteiger partial charge in [-0.3, -0.25) is 4.72 Å². The van der Waals surface area contributed by atoms with Gasteiger partial charge in [-0.15, -0.1) is 11.3 Å². The van der Waals surface area contributed by atoms with Crippen LogP contribution in [0.4, 0.5) is 15.2 Å². The molecule has 0 aliphatic rings. The molecular weight excluding hydrogens is 313 g/mol. The SMILES string of the molecule is CC(C)(C)c1csc(NS(=O)(=O)c2ccc(F)cc2N)n1. The van der Waals surface area contributed by atoms with Crippen LogP contribution in [-0.2, 0) is 15.4 Å². The maximum atomic E-state index is 13.0. The number of nitrogens with two attached hydrogens (primary N) is 1. The van der Waals surface area contributed by atoms with Crippen LogP contribution in [0.1, 0.15) is 26.5 Å². The summed E-state index contributed by atoms with van der Waals surface area (Å²) in [6.45, 7) is 5.95. The van der Waals surface area contributed by atoms with Gasteiger partial charge in [-0.25, -0.2) is 17.8 Å². The molecule has 1 aromatic carbocycles. The number of hydrogen-bond donors (Lipinski definition) is 2. The van der Waals surface area contributed by atoms with Gasteiger partial charge < -0.3 is 5.73 Å². The second-order valence-corrected chi connectivity index (χ2v) is 8.08. The lowest BCUT2D eigenvalue weighted by atomic mass is 9.93.